The third kappa shape index (κ3) is 4.40. The highest BCUT2D eigenvalue weighted by atomic mass is 16.6. The lowest BCUT2D eigenvalue weighted by Crippen LogP contribution is -2.36. The Hall–Kier alpha value is -3.92. The Kier molecular flexibility index (Phi) is 6.04. The summed E-state index contributed by atoms with van der Waals surface area (Å²) in [6, 6.07) is 10.8. The van der Waals surface area contributed by atoms with Gasteiger partial charge in [0.2, 0.25) is 0 Å². The van der Waals surface area contributed by atoms with Crippen LogP contribution in [-0.2, 0) is 16.1 Å². The smallest absolute Gasteiger partial charge is 0.329 e. The number of carbonyl (C=O) groups is 2. The van der Waals surface area contributed by atoms with Gasteiger partial charge in [-0.3, -0.25) is 19.8 Å². The first-order chi connectivity index (χ1) is 15.5. The molecule has 2 aliphatic heterocycles. The third-order valence-electron chi connectivity index (χ3n) is 5.34. The predicted octanol–water partition coefficient (Wildman–Crippen LogP) is 2.53. The zero-order chi connectivity index (χ0) is 22.7. The van der Waals surface area contributed by atoms with Crippen LogP contribution in [0.5, 0.6) is 5.75 Å². The first kappa shape index (κ1) is 21.3. The number of urea groups is 1. The number of amides is 3. The minimum atomic E-state index is -0.552. The van der Waals surface area contributed by atoms with E-state index in [1.807, 2.05) is 18.2 Å². The molecule has 1 N–H and O–H groups in total. The lowest BCUT2D eigenvalue weighted by atomic mass is 10.1. The van der Waals surface area contributed by atoms with Crippen LogP contribution in [-0.4, -0.2) is 55.2 Å². The summed E-state index contributed by atoms with van der Waals surface area (Å²) in [5, 5.41) is 13.4. The van der Waals surface area contributed by atoms with E-state index in [4.69, 9.17) is 9.47 Å². The molecular weight excluding hydrogens is 416 g/mol. The number of hydrogen-bond donors (Lipinski definition) is 1. The largest absolute Gasteiger partial charge is 0.496 e. The van der Waals surface area contributed by atoms with E-state index >= 15 is 0 Å². The third-order valence-corrected chi connectivity index (χ3v) is 5.34. The highest BCUT2D eigenvalue weighted by molar-refractivity contribution is 6.14. The molecule has 2 fully saturated rings. The van der Waals surface area contributed by atoms with Gasteiger partial charge in [0, 0.05) is 42.5 Å². The van der Waals surface area contributed by atoms with Gasteiger partial charge < -0.3 is 19.7 Å². The molecule has 0 bridgehead atoms. The van der Waals surface area contributed by atoms with Gasteiger partial charge in [-0.25, -0.2) is 4.79 Å². The molecule has 0 spiro atoms. The molecule has 10 nitrogen and oxygen atoms in total. The lowest BCUT2D eigenvalue weighted by molar-refractivity contribution is -0.384. The Labute approximate surface area is 184 Å². The molecule has 0 atom stereocenters. The topological polar surface area (TPSA) is 114 Å². The summed E-state index contributed by atoms with van der Waals surface area (Å²) in [4.78, 5) is 38.7. The van der Waals surface area contributed by atoms with Crippen molar-refractivity contribution in [1.82, 2.24) is 10.2 Å². The molecule has 0 unspecified atom stereocenters. The van der Waals surface area contributed by atoms with Crippen LogP contribution in [0.2, 0.25) is 0 Å². The Balaban J connectivity index is 1.52. The number of anilines is 1. The maximum atomic E-state index is 12.8. The maximum Gasteiger partial charge on any atom is 0.329 e. The molecule has 3 amide bonds. The fourth-order valence-corrected chi connectivity index (χ4v) is 3.61. The van der Waals surface area contributed by atoms with Crippen molar-refractivity contribution in [3.8, 4) is 5.75 Å². The minimum absolute atomic E-state index is 0.00705. The number of rotatable bonds is 6. The minimum Gasteiger partial charge on any atom is -0.496 e. The number of ether oxygens (including phenoxy) is 2. The molecule has 2 heterocycles. The van der Waals surface area contributed by atoms with Gasteiger partial charge in [0.15, 0.2) is 0 Å². The van der Waals surface area contributed by atoms with Crippen molar-refractivity contribution in [2.24, 2.45) is 0 Å². The van der Waals surface area contributed by atoms with E-state index in [0.717, 1.165) is 23.7 Å². The molecule has 2 aromatic rings. The van der Waals surface area contributed by atoms with E-state index in [0.29, 0.717) is 30.1 Å². The number of nitrogens with zero attached hydrogens (tertiary/aromatic N) is 3. The molecule has 2 saturated heterocycles. The summed E-state index contributed by atoms with van der Waals surface area (Å²) in [6.45, 7) is 2.91. The first-order valence-corrected chi connectivity index (χ1v) is 10.0. The zero-order valence-electron chi connectivity index (χ0n) is 17.4. The van der Waals surface area contributed by atoms with Crippen molar-refractivity contribution in [3.05, 3.63) is 69.4 Å². The van der Waals surface area contributed by atoms with E-state index in [1.54, 1.807) is 13.2 Å². The van der Waals surface area contributed by atoms with Crippen molar-refractivity contribution in [3.63, 3.8) is 0 Å². The molecule has 2 aliphatic rings. The molecule has 2 aromatic carbocycles. The number of morpholine rings is 1. The highest BCUT2D eigenvalue weighted by Crippen LogP contribution is 2.29. The molecule has 10 heteroatoms. The van der Waals surface area contributed by atoms with Gasteiger partial charge in [-0.1, -0.05) is 12.1 Å². The molecule has 32 heavy (non-hydrogen) atoms. The quantitative estimate of drug-likeness (QED) is 0.319. The second kappa shape index (κ2) is 9.06. The van der Waals surface area contributed by atoms with Crippen LogP contribution < -0.4 is 15.0 Å². The molecule has 166 valence electrons. The van der Waals surface area contributed by atoms with Crippen LogP contribution in [0.1, 0.15) is 11.1 Å². The normalized spacial score (nSPS) is 17.6. The summed E-state index contributed by atoms with van der Waals surface area (Å²) in [7, 11) is 1.55. The second-order valence-corrected chi connectivity index (χ2v) is 7.33. The SMILES string of the molecule is COc1cc(N2CCOCC2)ccc1/C=C1\NC(=O)N(Cc2ccc([N+](=O)[O-])cc2)C1=O. The lowest BCUT2D eigenvalue weighted by Gasteiger charge is -2.29. The van der Waals surface area contributed by atoms with Gasteiger partial charge in [-0.05, 0) is 23.8 Å². The summed E-state index contributed by atoms with van der Waals surface area (Å²) < 4.78 is 10.9. The molecule has 0 aliphatic carbocycles. The average molecular weight is 438 g/mol. The van der Waals surface area contributed by atoms with Crippen LogP contribution in [0, 0.1) is 10.1 Å². The monoisotopic (exact) mass is 438 g/mol. The first-order valence-electron chi connectivity index (χ1n) is 10.0. The number of hydrogen-bond acceptors (Lipinski definition) is 7. The van der Waals surface area contributed by atoms with Crippen LogP contribution in [0.3, 0.4) is 0 Å². The number of methoxy groups -OCH3 is 1. The highest BCUT2D eigenvalue weighted by Gasteiger charge is 2.33. The van der Waals surface area contributed by atoms with Crippen molar-refractivity contribution in [1.29, 1.82) is 0 Å². The number of carbonyl (C=O) groups excluding carboxylic acids is 2. The van der Waals surface area contributed by atoms with Crippen molar-refractivity contribution >= 4 is 29.4 Å². The number of benzene rings is 2. The van der Waals surface area contributed by atoms with Crippen LogP contribution >= 0.6 is 0 Å². The number of imide groups is 1. The van der Waals surface area contributed by atoms with E-state index in [1.165, 1.54) is 24.3 Å². The number of nitrogens with one attached hydrogen (secondary N) is 1. The Morgan fingerprint density at radius 2 is 1.88 bits per heavy atom. The van der Waals surface area contributed by atoms with E-state index < -0.39 is 16.9 Å². The van der Waals surface area contributed by atoms with Gasteiger partial charge in [0.25, 0.3) is 11.6 Å². The predicted molar refractivity (Wildman–Crippen MR) is 116 cm³/mol. The Morgan fingerprint density at radius 3 is 2.53 bits per heavy atom. The molecular formula is C22H22N4O6. The summed E-state index contributed by atoms with van der Waals surface area (Å²) in [6.07, 6.45) is 1.58. The Bertz CT molecular complexity index is 1080. The summed E-state index contributed by atoms with van der Waals surface area (Å²) in [5.74, 6) is 0.102. The van der Waals surface area contributed by atoms with Gasteiger partial charge in [-0.2, -0.15) is 0 Å². The molecule has 0 saturated carbocycles. The second-order valence-electron chi connectivity index (χ2n) is 7.33. The summed E-state index contributed by atoms with van der Waals surface area (Å²) >= 11 is 0. The van der Waals surface area contributed by atoms with E-state index in [-0.39, 0.29) is 17.9 Å². The zero-order valence-corrected chi connectivity index (χ0v) is 17.4. The fourth-order valence-electron chi connectivity index (χ4n) is 3.61. The van der Waals surface area contributed by atoms with Gasteiger partial charge in [0.05, 0.1) is 31.8 Å². The van der Waals surface area contributed by atoms with Crippen molar-refractivity contribution in [2.45, 2.75) is 6.54 Å². The molecule has 0 aromatic heterocycles. The van der Waals surface area contributed by atoms with Crippen LogP contribution in [0.15, 0.2) is 48.2 Å². The van der Waals surface area contributed by atoms with Crippen LogP contribution in [0.25, 0.3) is 6.08 Å². The number of nitro benzene ring substituents is 1. The summed E-state index contributed by atoms with van der Waals surface area (Å²) in [5.41, 5.74) is 2.33. The Morgan fingerprint density at radius 1 is 1.16 bits per heavy atom. The molecule has 0 radical (unpaired) electrons. The van der Waals surface area contributed by atoms with Crippen molar-refractivity contribution < 1.29 is 24.0 Å². The van der Waals surface area contributed by atoms with E-state index in [2.05, 4.69) is 10.2 Å². The number of non-ortho nitro benzene ring substituents is 1. The van der Waals surface area contributed by atoms with Gasteiger partial charge in [-0.15, -0.1) is 0 Å². The van der Waals surface area contributed by atoms with Crippen LogP contribution in [0.4, 0.5) is 16.2 Å². The van der Waals surface area contributed by atoms with E-state index in [9.17, 15) is 19.7 Å². The standard InChI is InChI=1S/C22H22N4O6/c1-31-20-13-18(24-8-10-32-11-9-24)7-4-16(20)12-19-21(27)25(22(28)23-19)14-15-2-5-17(6-3-15)26(29)30/h2-7,12-13H,8-11,14H2,1H3,(H,23,28)/b19-12-. The van der Waals surface area contributed by atoms with Gasteiger partial charge >= 0.3 is 6.03 Å². The fraction of sp³-hybridized carbons (Fsp3) is 0.273. The molecule has 4 rings (SSSR count). The number of nitro groups is 1. The maximum absolute atomic E-state index is 12.8. The average Bonchev–Trinajstić information content (AvgIpc) is 3.07. The van der Waals surface area contributed by atoms with Crippen molar-refractivity contribution in [2.75, 3.05) is 38.3 Å². The van der Waals surface area contributed by atoms with Gasteiger partial charge in [0.1, 0.15) is 11.4 Å².